The van der Waals surface area contributed by atoms with Gasteiger partial charge in [0.15, 0.2) is 0 Å². The van der Waals surface area contributed by atoms with Crippen LogP contribution in [0, 0.1) is 5.92 Å². The number of pyridine rings is 1. The summed E-state index contributed by atoms with van der Waals surface area (Å²) in [4.78, 5) is 25.0. The highest BCUT2D eigenvalue weighted by atomic mass is 16.2. The average molecular weight is 385 g/mol. The fourth-order valence-electron chi connectivity index (χ4n) is 5.19. The summed E-state index contributed by atoms with van der Waals surface area (Å²) >= 11 is 0. The van der Waals surface area contributed by atoms with Gasteiger partial charge in [-0.25, -0.2) is 4.98 Å². The van der Waals surface area contributed by atoms with Gasteiger partial charge in [0, 0.05) is 44.0 Å². The quantitative estimate of drug-likeness (QED) is 0.774. The highest BCUT2D eigenvalue weighted by Crippen LogP contribution is 2.25. The number of carbonyl (C=O) groups is 1. The summed E-state index contributed by atoms with van der Waals surface area (Å²) in [5.74, 6) is 1.88. The van der Waals surface area contributed by atoms with E-state index < -0.39 is 0 Å². The van der Waals surface area contributed by atoms with E-state index in [1.54, 1.807) is 0 Å². The zero-order valence-corrected chi connectivity index (χ0v) is 17.5. The standard InChI is InChI=1S/C23H36N4O/c1-19-7-6-14-26(18-19)22-17-20(9-11-24-22)23(28)27-15-3-2-8-21(27)10-16-25-12-4-5-13-25/h9,11,17,19,21H,2-8,10,12-16,18H2,1H3/t19-,21-/m0/s1. The predicted octanol–water partition coefficient (Wildman–Crippen LogP) is 3.80. The normalized spacial score (nSPS) is 26.6. The first-order chi connectivity index (χ1) is 13.7. The van der Waals surface area contributed by atoms with Crippen molar-refractivity contribution in [3.8, 4) is 0 Å². The number of hydrogen-bond donors (Lipinski definition) is 0. The van der Waals surface area contributed by atoms with Crippen molar-refractivity contribution in [2.24, 2.45) is 5.92 Å². The van der Waals surface area contributed by atoms with Crippen LogP contribution in [0.15, 0.2) is 18.3 Å². The van der Waals surface area contributed by atoms with E-state index in [-0.39, 0.29) is 5.91 Å². The van der Waals surface area contributed by atoms with Gasteiger partial charge in [0.1, 0.15) is 5.82 Å². The Morgan fingerprint density at radius 3 is 2.71 bits per heavy atom. The Balaban J connectivity index is 1.43. The molecule has 154 valence electrons. The fraction of sp³-hybridized carbons (Fsp3) is 0.739. The number of rotatable bonds is 5. The van der Waals surface area contributed by atoms with E-state index in [9.17, 15) is 4.79 Å². The van der Waals surface area contributed by atoms with Gasteiger partial charge in [0.05, 0.1) is 0 Å². The number of likely N-dealkylation sites (tertiary alicyclic amines) is 2. The second kappa shape index (κ2) is 9.25. The summed E-state index contributed by atoms with van der Waals surface area (Å²) in [5, 5.41) is 0. The number of amides is 1. The first-order valence-corrected chi connectivity index (χ1v) is 11.4. The number of nitrogens with zero attached hydrogens (tertiary/aromatic N) is 4. The second-order valence-corrected chi connectivity index (χ2v) is 9.08. The first-order valence-electron chi connectivity index (χ1n) is 11.4. The van der Waals surface area contributed by atoms with E-state index in [1.807, 2.05) is 18.3 Å². The topological polar surface area (TPSA) is 39.7 Å². The lowest BCUT2D eigenvalue weighted by molar-refractivity contribution is 0.0588. The number of piperidine rings is 2. The minimum Gasteiger partial charge on any atom is -0.356 e. The molecule has 0 spiro atoms. The summed E-state index contributed by atoms with van der Waals surface area (Å²) in [7, 11) is 0. The zero-order chi connectivity index (χ0) is 19.3. The Labute approximate surface area is 170 Å². The van der Waals surface area contributed by atoms with E-state index in [4.69, 9.17) is 0 Å². The molecule has 0 saturated carbocycles. The molecule has 0 bridgehead atoms. The molecule has 3 saturated heterocycles. The molecule has 4 rings (SSSR count). The molecular formula is C23H36N4O. The maximum atomic E-state index is 13.4. The molecule has 1 aromatic heterocycles. The van der Waals surface area contributed by atoms with Gasteiger partial charge < -0.3 is 14.7 Å². The summed E-state index contributed by atoms with van der Waals surface area (Å²) in [6, 6.07) is 4.34. The van der Waals surface area contributed by atoms with E-state index in [1.165, 1.54) is 45.2 Å². The lowest BCUT2D eigenvalue weighted by Crippen LogP contribution is -2.45. The van der Waals surface area contributed by atoms with Crippen molar-refractivity contribution in [1.82, 2.24) is 14.8 Å². The van der Waals surface area contributed by atoms with Crippen molar-refractivity contribution in [3.05, 3.63) is 23.9 Å². The Morgan fingerprint density at radius 2 is 1.89 bits per heavy atom. The van der Waals surface area contributed by atoms with Crippen molar-refractivity contribution in [2.45, 2.75) is 64.3 Å². The van der Waals surface area contributed by atoms with Crippen LogP contribution in [0.25, 0.3) is 0 Å². The van der Waals surface area contributed by atoms with Gasteiger partial charge in [-0.3, -0.25) is 4.79 Å². The minimum absolute atomic E-state index is 0.208. The number of carbonyl (C=O) groups excluding carboxylic acids is 1. The smallest absolute Gasteiger partial charge is 0.254 e. The fourth-order valence-corrected chi connectivity index (χ4v) is 5.19. The van der Waals surface area contributed by atoms with Crippen LogP contribution in [0.3, 0.4) is 0 Å². The molecule has 1 amide bonds. The van der Waals surface area contributed by atoms with E-state index in [0.717, 1.165) is 56.8 Å². The maximum Gasteiger partial charge on any atom is 0.254 e. The van der Waals surface area contributed by atoms with Crippen LogP contribution < -0.4 is 4.90 Å². The molecule has 3 fully saturated rings. The average Bonchev–Trinajstić information content (AvgIpc) is 3.26. The second-order valence-electron chi connectivity index (χ2n) is 9.08. The van der Waals surface area contributed by atoms with E-state index in [0.29, 0.717) is 12.0 Å². The molecule has 0 radical (unpaired) electrons. The van der Waals surface area contributed by atoms with Crippen LogP contribution in [0.4, 0.5) is 5.82 Å². The summed E-state index contributed by atoms with van der Waals surface area (Å²) < 4.78 is 0. The molecule has 28 heavy (non-hydrogen) atoms. The van der Waals surface area contributed by atoms with Crippen molar-refractivity contribution >= 4 is 11.7 Å². The Hall–Kier alpha value is -1.62. The molecule has 3 aliphatic rings. The molecule has 5 heteroatoms. The zero-order valence-electron chi connectivity index (χ0n) is 17.5. The van der Waals surface area contributed by atoms with Crippen molar-refractivity contribution in [2.75, 3.05) is 44.2 Å². The lowest BCUT2D eigenvalue weighted by Gasteiger charge is -2.37. The molecule has 1 aromatic rings. The van der Waals surface area contributed by atoms with Crippen molar-refractivity contribution in [1.29, 1.82) is 0 Å². The SMILES string of the molecule is C[C@H]1CCCN(c2cc(C(=O)N3CCCC[C@H]3CCN3CCCC3)ccn2)C1. The van der Waals surface area contributed by atoms with Gasteiger partial charge >= 0.3 is 0 Å². The summed E-state index contributed by atoms with van der Waals surface area (Å²) in [6.45, 7) is 8.93. The first kappa shape index (κ1) is 19.7. The van der Waals surface area contributed by atoms with Gasteiger partial charge in [-0.2, -0.15) is 0 Å². The maximum absolute atomic E-state index is 13.4. The van der Waals surface area contributed by atoms with Gasteiger partial charge in [-0.15, -0.1) is 0 Å². The predicted molar refractivity (Wildman–Crippen MR) is 114 cm³/mol. The molecule has 4 heterocycles. The molecule has 3 aliphatic heterocycles. The Morgan fingerprint density at radius 1 is 1.07 bits per heavy atom. The molecule has 0 aromatic carbocycles. The van der Waals surface area contributed by atoms with Gasteiger partial charge in [-0.05, 0) is 82.5 Å². The minimum atomic E-state index is 0.208. The van der Waals surface area contributed by atoms with Crippen LogP contribution >= 0.6 is 0 Å². The molecule has 0 aliphatic carbocycles. The molecule has 5 nitrogen and oxygen atoms in total. The number of hydrogen-bond acceptors (Lipinski definition) is 4. The molecular weight excluding hydrogens is 348 g/mol. The van der Waals surface area contributed by atoms with Gasteiger partial charge in [-0.1, -0.05) is 6.92 Å². The third kappa shape index (κ3) is 4.68. The largest absolute Gasteiger partial charge is 0.356 e. The van der Waals surface area contributed by atoms with Crippen molar-refractivity contribution < 1.29 is 4.79 Å². The molecule has 0 N–H and O–H groups in total. The highest BCUT2D eigenvalue weighted by molar-refractivity contribution is 5.95. The molecule has 0 unspecified atom stereocenters. The van der Waals surface area contributed by atoms with Crippen molar-refractivity contribution in [3.63, 3.8) is 0 Å². The van der Waals surface area contributed by atoms with Gasteiger partial charge in [0.25, 0.3) is 5.91 Å². The lowest BCUT2D eigenvalue weighted by atomic mass is 9.97. The van der Waals surface area contributed by atoms with Crippen LogP contribution in [-0.4, -0.2) is 66.0 Å². The van der Waals surface area contributed by atoms with Crippen LogP contribution in [-0.2, 0) is 0 Å². The Kier molecular flexibility index (Phi) is 6.50. The number of aromatic nitrogens is 1. The monoisotopic (exact) mass is 384 g/mol. The van der Waals surface area contributed by atoms with Crippen LogP contribution in [0.1, 0.15) is 68.6 Å². The third-order valence-corrected chi connectivity index (χ3v) is 6.84. The summed E-state index contributed by atoms with van der Waals surface area (Å²) in [6.07, 6.45) is 11.7. The summed E-state index contributed by atoms with van der Waals surface area (Å²) in [5.41, 5.74) is 0.816. The van der Waals surface area contributed by atoms with E-state index >= 15 is 0 Å². The van der Waals surface area contributed by atoms with Gasteiger partial charge in [0.2, 0.25) is 0 Å². The van der Waals surface area contributed by atoms with E-state index in [2.05, 4.69) is 26.6 Å². The third-order valence-electron chi connectivity index (χ3n) is 6.84. The highest BCUT2D eigenvalue weighted by Gasteiger charge is 2.29. The van der Waals surface area contributed by atoms with Crippen LogP contribution in [0.5, 0.6) is 0 Å². The number of anilines is 1. The Bertz CT molecular complexity index is 658. The van der Waals surface area contributed by atoms with Crippen LogP contribution in [0.2, 0.25) is 0 Å². The molecule has 2 atom stereocenters.